The van der Waals surface area contributed by atoms with Gasteiger partial charge in [0.05, 0.1) is 30.0 Å². The summed E-state index contributed by atoms with van der Waals surface area (Å²) in [5.41, 5.74) is 1.73. The number of aromatic nitrogens is 1. The molecule has 1 atom stereocenters. The Bertz CT molecular complexity index is 922. The first-order chi connectivity index (χ1) is 11.7. The third-order valence-corrected chi connectivity index (χ3v) is 4.18. The number of hydrogen-bond acceptors (Lipinski definition) is 3. The van der Waals surface area contributed by atoms with Crippen LogP contribution >= 0.6 is 0 Å². The van der Waals surface area contributed by atoms with Crippen LogP contribution < -0.4 is 4.90 Å². The molecule has 24 heavy (non-hydrogen) atoms. The average molecular weight is 326 g/mol. The lowest BCUT2D eigenvalue weighted by atomic mass is 10.2. The number of halogens is 1. The highest BCUT2D eigenvalue weighted by molar-refractivity contribution is 5.90. The number of anilines is 1. The van der Waals surface area contributed by atoms with Crippen molar-refractivity contribution in [3.63, 3.8) is 0 Å². The third-order valence-electron chi connectivity index (χ3n) is 4.18. The average Bonchev–Trinajstić information content (AvgIpc) is 3.18. The van der Waals surface area contributed by atoms with Gasteiger partial charge in [0.2, 0.25) is 0 Å². The van der Waals surface area contributed by atoms with Gasteiger partial charge in [-0.15, -0.1) is 0 Å². The van der Waals surface area contributed by atoms with Crippen molar-refractivity contribution in [2.75, 3.05) is 18.1 Å². The minimum atomic E-state index is -0.576. The Kier molecular flexibility index (Phi) is 3.46. The van der Waals surface area contributed by atoms with Crippen molar-refractivity contribution < 1.29 is 19.0 Å². The lowest BCUT2D eigenvalue weighted by Crippen LogP contribution is -2.25. The van der Waals surface area contributed by atoms with Crippen molar-refractivity contribution in [3.05, 3.63) is 60.5 Å². The summed E-state index contributed by atoms with van der Waals surface area (Å²) in [6.45, 7) is -0.0429. The first kappa shape index (κ1) is 14.7. The molecule has 0 unspecified atom stereocenters. The quantitative estimate of drug-likeness (QED) is 0.805. The molecule has 3 aromatic rings. The molecule has 6 heteroatoms. The lowest BCUT2D eigenvalue weighted by Gasteiger charge is -2.15. The van der Waals surface area contributed by atoms with Gasteiger partial charge in [-0.05, 0) is 35.7 Å². The summed E-state index contributed by atoms with van der Waals surface area (Å²) in [6, 6.07) is 14.3. The number of benzene rings is 2. The summed E-state index contributed by atoms with van der Waals surface area (Å²) in [5, 5.41) is 10.1. The molecule has 5 nitrogen and oxygen atoms in total. The number of fused-ring (bicyclic) bond motifs is 1. The number of hydrogen-bond donors (Lipinski definition) is 1. The van der Waals surface area contributed by atoms with Gasteiger partial charge in [-0.25, -0.2) is 9.18 Å². The van der Waals surface area contributed by atoms with Crippen molar-refractivity contribution in [1.29, 1.82) is 0 Å². The number of cyclic esters (lactones) is 1. The highest BCUT2D eigenvalue weighted by atomic mass is 19.1. The Morgan fingerprint density at radius 3 is 2.79 bits per heavy atom. The van der Waals surface area contributed by atoms with Crippen LogP contribution in [0.2, 0.25) is 0 Å². The molecule has 0 radical (unpaired) electrons. The zero-order valence-electron chi connectivity index (χ0n) is 12.7. The van der Waals surface area contributed by atoms with Crippen LogP contribution in [0.1, 0.15) is 0 Å². The van der Waals surface area contributed by atoms with Gasteiger partial charge in [0.1, 0.15) is 11.9 Å². The van der Waals surface area contributed by atoms with Crippen LogP contribution in [0.4, 0.5) is 14.9 Å². The number of nitrogens with zero attached hydrogens (tertiary/aromatic N) is 2. The van der Waals surface area contributed by atoms with Gasteiger partial charge < -0.3 is 14.4 Å². The van der Waals surface area contributed by atoms with Gasteiger partial charge in [0.15, 0.2) is 0 Å². The van der Waals surface area contributed by atoms with Crippen LogP contribution in [0.25, 0.3) is 16.6 Å². The monoisotopic (exact) mass is 326 g/mol. The Morgan fingerprint density at radius 2 is 2.04 bits per heavy atom. The molecule has 2 aromatic carbocycles. The zero-order chi connectivity index (χ0) is 16.7. The maximum atomic E-state index is 14.7. The van der Waals surface area contributed by atoms with E-state index in [0.29, 0.717) is 11.4 Å². The van der Waals surface area contributed by atoms with Gasteiger partial charge in [-0.3, -0.25) is 4.90 Å². The van der Waals surface area contributed by atoms with Gasteiger partial charge in [-0.2, -0.15) is 0 Å². The molecule has 1 aliphatic heterocycles. The normalized spacial score (nSPS) is 17.5. The van der Waals surface area contributed by atoms with Gasteiger partial charge in [0, 0.05) is 6.20 Å². The summed E-state index contributed by atoms with van der Waals surface area (Å²) < 4.78 is 21.4. The number of aliphatic hydroxyl groups is 1. The highest BCUT2D eigenvalue weighted by Gasteiger charge is 2.32. The first-order valence-electron chi connectivity index (χ1n) is 7.62. The number of carbonyl (C=O) groups excluding carboxylic acids is 1. The Balaban J connectivity index is 1.71. The molecule has 0 aliphatic carbocycles. The molecule has 0 bridgehead atoms. The predicted molar refractivity (Wildman–Crippen MR) is 87.9 cm³/mol. The van der Waals surface area contributed by atoms with Crippen LogP contribution in [0.15, 0.2) is 54.7 Å². The van der Waals surface area contributed by atoms with Crippen molar-refractivity contribution >= 4 is 22.7 Å². The number of ether oxygens (including phenoxy) is 1. The zero-order valence-corrected chi connectivity index (χ0v) is 12.7. The number of para-hydroxylation sites is 1. The molecule has 1 saturated heterocycles. The predicted octanol–water partition coefficient (Wildman–Crippen LogP) is 3.09. The lowest BCUT2D eigenvalue weighted by molar-refractivity contribution is 0.0963. The van der Waals surface area contributed by atoms with E-state index in [1.165, 1.54) is 11.0 Å². The fraction of sp³-hybridized carbons (Fsp3) is 0.167. The highest BCUT2D eigenvalue weighted by Crippen LogP contribution is 2.27. The van der Waals surface area contributed by atoms with Crippen LogP contribution in [-0.4, -0.2) is 35.0 Å². The number of aliphatic hydroxyl groups excluding tert-OH is 1. The van der Waals surface area contributed by atoms with E-state index in [2.05, 4.69) is 0 Å². The second-order valence-corrected chi connectivity index (χ2v) is 5.68. The van der Waals surface area contributed by atoms with Gasteiger partial charge >= 0.3 is 6.09 Å². The molecular weight excluding hydrogens is 311 g/mol. The van der Waals surface area contributed by atoms with Crippen LogP contribution in [0.3, 0.4) is 0 Å². The minimum Gasteiger partial charge on any atom is -0.441 e. The van der Waals surface area contributed by atoms with Crippen molar-refractivity contribution in [3.8, 4) is 5.69 Å². The SMILES string of the molecule is O=C1O[C@H](CO)CN1c1ccc(-n2ccc3ccccc32)c(F)c1. The molecule has 122 valence electrons. The van der Waals surface area contributed by atoms with Crippen LogP contribution in [-0.2, 0) is 4.74 Å². The smallest absolute Gasteiger partial charge is 0.414 e. The molecule has 0 spiro atoms. The van der Waals surface area contributed by atoms with Crippen LogP contribution in [0.5, 0.6) is 0 Å². The fourth-order valence-electron chi connectivity index (χ4n) is 2.98. The Labute approximate surface area is 137 Å². The number of amides is 1. The molecular formula is C18H15FN2O3. The summed E-state index contributed by atoms with van der Waals surface area (Å²) in [6.07, 6.45) is 0.663. The van der Waals surface area contributed by atoms with E-state index in [0.717, 1.165) is 10.9 Å². The standard InChI is InChI=1S/C18H15FN2O3/c19-15-9-13(21-10-14(11-22)24-18(21)23)5-6-17(15)20-8-7-12-3-1-2-4-16(12)20/h1-9,14,22H,10-11H2/t14-/m0/s1. The van der Waals surface area contributed by atoms with Crippen molar-refractivity contribution in [2.24, 2.45) is 0 Å². The van der Waals surface area contributed by atoms with E-state index in [4.69, 9.17) is 9.84 Å². The second kappa shape index (κ2) is 5.65. The van der Waals surface area contributed by atoms with Crippen molar-refractivity contribution in [2.45, 2.75) is 6.10 Å². The Hall–Kier alpha value is -2.86. The largest absolute Gasteiger partial charge is 0.441 e. The number of carbonyl (C=O) groups is 1. The second-order valence-electron chi connectivity index (χ2n) is 5.68. The molecule has 1 N–H and O–H groups in total. The van der Waals surface area contributed by atoms with E-state index < -0.39 is 18.0 Å². The molecule has 0 saturated carbocycles. The van der Waals surface area contributed by atoms with E-state index in [1.807, 2.05) is 36.5 Å². The molecule has 2 heterocycles. The van der Waals surface area contributed by atoms with E-state index in [9.17, 15) is 9.18 Å². The topological polar surface area (TPSA) is 54.7 Å². The van der Waals surface area contributed by atoms with E-state index in [-0.39, 0.29) is 13.2 Å². The minimum absolute atomic E-state index is 0.209. The van der Waals surface area contributed by atoms with E-state index >= 15 is 0 Å². The van der Waals surface area contributed by atoms with Crippen LogP contribution in [0, 0.1) is 5.82 Å². The summed E-state index contributed by atoms with van der Waals surface area (Å²) in [4.78, 5) is 13.1. The molecule has 1 fully saturated rings. The fourth-order valence-corrected chi connectivity index (χ4v) is 2.98. The maximum absolute atomic E-state index is 14.7. The first-order valence-corrected chi connectivity index (χ1v) is 7.62. The summed E-state index contributed by atoms with van der Waals surface area (Å²) >= 11 is 0. The van der Waals surface area contributed by atoms with E-state index in [1.54, 1.807) is 16.7 Å². The maximum Gasteiger partial charge on any atom is 0.414 e. The van der Waals surface area contributed by atoms with Gasteiger partial charge in [0.25, 0.3) is 0 Å². The molecule has 4 rings (SSSR count). The third kappa shape index (κ3) is 2.32. The summed E-state index contributed by atoms with van der Waals surface area (Å²) in [5.74, 6) is -0.436. The van der Waals surface area contributed by atoms with Crippen molar-refractivity contribution in [1.82, 2.24) is 4.57 Å². The number of rotatable bonds is 3. The van der Waals surface area contributed by atoms with Gasteiger partial charge in [-0.1, -0.05) is 18.2 Å². The Morgan fingerprint density at radius 1 is 1.21 bits per heavy atom. The molecule has 1 amide bonds. The molecule has 1 aliphatic rings. The summed E-state index contributed by atoms with van der Waals surface area (Å²) in [7, 11) is 0. The molecule has 1 aromatic heterocycles.